The molecule has 136 valence electrons. The van der Waals surface area contributed by atoms with Crippen LogP contribution < -0.4 is 5.32 Å². The molecular formula is C18H37IN4. The van der Waals surface area contributed by atoms with E-state index in [4.69, 9.17) is 4.99 Å². The molecule has 1 N–H and O–H groups in total. The second-order valence-electron chi connectivity index (χ2n) is 6.33. The molecule has 0 spiro atoms. The highest BCUT2D eigenvalue weighted by Crippen LogP contribution is 2.17. The third-order valence-electron chi connectivity index (χ3n) is 4.34. The first-order chi connectivity index (χ1) is 10.7. The van der Waals surface area contributed by atoms with Crippen molar-refractivity contribution in [1.29, 1.82) is 0 Å². The molecule has 0 saturated carbocycles. The SMILES string of the molecule is C=CCCCN(C)C(=NCC1CCN(CCC)CC1)NCC.I. The molecular weight excluding hydrogens is 399 g/mol. The number of unbranched alkanes of at least 4 members (excludes halogenated alkanes) is 1. The normalized spacial score (nSPS) is 16.7. The summed E-state index contributed by atoms with van der Waals surface area (Å²) in [5.74, 6) is 1.81. The monoisotopic (exact) mass is 436 g/mol. The van der Waals surface area contributed by atoms with Gasteiger partial charge in [-0.05, 0) is 64.6 Å². The van der Waals surface area contributed by atoms with Crippen molar-refractivity contribution in [2.75, 3.05) is 46.3 Å². The van der Waals surface area contributed by atoms with Crippen molar-refractivity contribution < 1.29 is 0 Å². The van der Waals surface area contributed by atoms with Crippen molar-refractivity contribution in [2.24, 2.45) is 10.9 Å². The van der Waals surface area contributed by atoms with Gasteiger partial charge < -0.3 is 15.1 Å². The molecule has 0 amide bonds. The lowest BCUT2D eigenvalue weighted by Gasteiger charge is -2.31. The fourth-order valence-electron chi connectivity index (χ4n) is 2.97. The minimum absolute atomic E-state index is 0. The van der Waals surface area contributed by atoms with Gasteiger partial charge in [0.05, 0.1) is 0 Å². The van der Waals surface area contributed by atoms with Gasteiger partial charge in [0.1, 0.15) is 0 Å². The first kappa shape index (κ1) is 22.7. The van der Waals surface area contributed by atoms with E-state index in [9.17, 15) is 0 Å². The van der Waals surface area contributed by atoms with E-state index in [1.54, 1.807) is 0 Å². The Balaban J connectivity index is 0.00000484. The van der Waals surface area contributed by atoms with Crippen molar-refractivity contribution in [3.63, 3.8) is 0 Å². The summed E-state index contributed by atoms with van der Waals surface area (Å²) in [5, 5.41) is 3.42. The van der Waals surface area contributed by atoms with Gasteiger partial charge in [0.25, 0.3) is 0 Å². The van der Waals surface area contributed by atoms with Crippen LogP contribution in [0.4, 0.5) is 0 Å². The molecule has 0 radical (unpaired) electrons. The lowest BCUT2D eigenvalue weighted by molar-refractivity contribution is 0.188. The smallest absolute Gasteiger partial charge is 0.193 e. The number of piperidine rings is 1. The van der Waals surface area contributed by atoms with Gasteiger partial charge in [-0.3, -0.25) is 4.99 Å². The van der Waals surface area contributed by atoms with Crippen molar-refractivity contribution in [2.45, 2.75) is 46.0 Å². The van der Waals surface area contributed by atoms with Gasteiger partial charge >= 0.3 is 0 Å². The number of nitrogens with one attached hydrogen (secondary N) is 1. The van der Waals surface area contributed by atoms with Crippen molar-refractivity contribution in [3.05, 3.63) is 12.7 Å². The summed E-state index contributed by atoms with van der Waals surface area (Å²) in [5.41, 5.74) is 0. The van der Waals surface area contributed by atoms with E-state index in [1.165, 1.54) is 38.9 Å². The van der Waals surface area contributed by atoms with E-state index in [2.05, 4.69) is 42.6 Å². The molecule has 0 aromatic rings. The van der Waals surface area contributed by atoms with E-state index in [0.29, 0.717) is 0 Å². The van der Waals surface area contributed by atoms with Crippen LogP contribution in [0.1, 0.15) is 46.0 Å². The molecule has 1 heterocycles. The number of halogens is 1. The molecule has 0 aromatic heterocycles. The highest BCUT2D eigenvalue weighted by molar-refractivity contribution is 14.0. The van der Waals surface area contributed by atoms with Crippen LogP contribution in [0.15, 0.2) is 17.6 Å². The standard InChI is InChI=1S/C18H36N4.HI/c1-5-8-9-13-21(4)18(19-7-3)20-16-17-10-14-22(12-6-2)15-11-17;/h5,17H,1,6-16H2,2-4H3,(H,19,20);1H. The Hall–Kier alpha value is -0.300. The molecule has 0 bridgehead atoms. The third-order valence-corrected chi connectivity index (χ3v) is 4.34. The van der Waals surface area contributed by atoms with Crippen LogP contribution in [-0.4, -0.2) is 62.1 Å². The maximum Gasteiger partial charge on any atom is 0.193 e. The van der Waals surface area contributed by atoms with Gasteiger partial charge in [-0.2, -0.15) is 0 Å². The third kappa shape index (κ3) is 9.55. The molecule has 23 heavy (non-hydrogen) atoms. The fraction of sp³-hybridized carbons (Fsp3) is 0.833. The van der Waals surface area contributed by atoms with E-state index in [1.807, 2.05) is 6.08 Å². The zero-order valence-corrected chi connectivity index (χ0v) is 17.7. The summed E-state index contributed by atoms with van der Waals surface area (Å²) in [7, 11) is 2.13. The molecule has 0 aromatic carbocycles. The van der Waals surface area contributed by atoms with Gasteiger partial charge in [0, 0.05) is 26.7 Å². The van der Waals surface area contributed by atoms with Crippen LogP contribution in [0.3, 0.4) is 0 Å². The van der Waals surface area contributed by atoms with E-state index < -0.39 is 0 Å². The number of guanidine groups is 1. The summed E-state index contributed by atoms with van der Waals surface area (Å²) in [6.45, 7) is 14.9. The minimum atomic E-state index is 0. The lowest BCUT2D eigenvalue weighted by Crippen LogP contribution is -2.40. The van der Waals surface area contributed by atoms with Gasteiger partial charge in [-0.25, -0.2) is 0 Å². The quantitative estimate of drug-likeness (QED) is 0.197. The number of hydrogen-bond donors (Lipinski definition) is 1. The first-order valence-electron chi connectivity index (χ1n) is 9.03. The Labute approximate surface area is 160 Å². The van der Waals surface area contributed by atoms with Crippen LogP contribution in [0, 0.1) is 5.92 Å². The molecule has 0 aliphatic carbocycles. The predicted octanol–water partition coefficient (Wildman–Crippen LogP) is 3.59. The van der Waals surface area contributed by atoms with Gasteiger partial charge in [0.2, 0.25) is 0 Å². The summed E-state index contributed by atoms with van der Waals surface area (Å²) < 4.78 is 0. The second kappa shape index (κ2) is 14.1. The lowest BCUT2D eigenvalue weighted by atomic mass is 9.97. The van der Waals surface area contributed by atoms with Crippen LogP contribution in [0.25, 0.3) is 0 Å². The molecule has 1 rings (SSSR count). The highest BCUT2D eigenvalue weighted by Gasteiger charge is 2.18. The average molecular weight is 436 g/mol. The van der Waals surface area contributed by atoms with Gasteiger partial charge in [-0.15, -0.1) is 30.6 Å². The maximum absolute atomic E-state index is 4.87. The van der Waals surface area contributed by atoms with Crippen LogP contribution >= 0.6 is 24.0 Å². The molecule has 1 fully saturated rings. The molecule has 0 unspecified atom stereocenters. The Morgan fingerprint density at radius 3 is 2.61 bits per heavy atom. The molecule has 4 nitrogen and oxygen atoms in total. The molecule has 1 aliphatic heterocycles. The summed E-state index contributed by atoms with van der Waals surface area (Å²) in [6.07, 6.45) is 8.05. The molecule has 1 saturated heterocycles. The van der Waals surface area contributed by atoms with Crippen LogP contribution in [0.2, 0.25) is 0 Å². The molecule has 1 aliphatic rings. The van der Waals surface area contributed by atoms with Crippen LogP contribution in [-0.2, 0) is 0 Å². The Morgan fingerprint density at radius 1 is 1.35 bits per heavy atom. The zero-order chi connectivity index (χ0) is 16.2. The Kier molecular flexibility index (Phi) is 13.9. The highest BCUT2D eigenvalue weighted by atomic mass is 127. The van der Waals surface area contributed by atoms with Gasteiger partial charge in [0.15, 0.2) is 5.96 Å². The summed E-state index contributed by atoms with van der Waals surface area (Å²) >= 11 is 0. The van der Waals surface area contributed by atoms with Crippen molar-refractivity contribution >= 4 is 29.9 Å². The average Bonchev–Trinajstić information content (AvgIpc) is 2.53. The number of allylic oxidation sites excluding steroid dienone is 1. The number of nitrogens with zero attached hydrogens (tertiary/aromatic N) is 3. The number of aliphatic imine (C=N–C) groups is 1. The zero-order valence-electron chi connectivity index (χ0n) is 15.4. The minimum Gasteiger partial charge on any atom is -0.357 e. The molecule has 0 atom stereocenters. The predicted molar refractivity (Wildman–Crippen MR) is 113 cm³/mol. The van der Waals surface area contributed by atoms with Gasteiger partial charge in [-0.1, -0.05) is 13.0 Å². The fourth-order valence-corrected chi connectivity index (χ4v) is 2.97. The Bertz CT molecular complexity index is 325. The second-order valence-corrected chi connectivity index (χ2v) is 6.33. The molecule has 5 heteroatoms. The number of rotatable bonds is 9. The van der Waals surface area contributed by atoms with Crippen molar-refractivity contribution in [1.82, 2.24) is 15.1 Å². The summed E-state index contributed by atoms with van der Waals surface area (Å²) in [4.78, 5) is 9.71. The Morgan fingerprint density at radius 2 is 2.04 bits per heavy atom. The van der Waals surface area contributed by atoms with Crippen LogP contribution in [0.5, 0.6) is 0 Å². The number of hydrogen-bond acceptors (Lipinski definition) is 2. The topological polar surface area (TPSA) is 30.9 Å². The summed E-state index contributed by atoms with van der Waals surface area (Å²) in [6, 6.07) is 0. The maximum atomic E-state index is 4.87. The van der Waals surface area contributed by atoms with E-state index >= 15 is 0 Å². The van der Waals surface area contributed by atoms with E-state index in [0.717, 1.165) is 44.4 Å². The largest absolute Gasteiger partial charge is 0.357 e. The number of likely N-dealkylation sites (tertiary alicyclic amines) is 1. The first-order valence-corrected chi connectivity index (χ1v) is 9.03. The van der Waals surface area contributed by atoms with Crippen molar-refractivity contribution in [3.8, 4) is 0 Å². The van der Waals surface area contributed by atoms with E-state index in [-0.39, 0.29) is 24.0 Å².